The Balaban J connectivity index is 1.54. The zero-order valence-corrected chi connectivity index (χ0v) is 19.6. The molecule has 0 saturated heterocycles. The second-order valence-corrected chi connectivity index (χ2v) is 9.00. The lowest BCUT2D eigenvalue weighted by Gasteiger charge is -2.20. The average Bonchev–Trinajstić information content (AvgIpc) is 3.34. The minimum atomic E-state index is -0.432. The number of hydrazone groups is 1. The van der Waals surface area contributed by atoms with Crippen molar-refractivity contribution in [2.75, 3.05) is 0 Å². The van der Waals surface area contributed by atoms with Crippen LogP contribution in [0.1, 0.15) is 33.6 Å². The first-order valence-corrected chi connectivity index (χ1v) is 11.3. The highest BCUT2D eigenvalue weighted by molar-refractivity contribution is 8.27. The summed E-state index contributed by atoms with van der Waals surface area (Å²) in [6.07, 6.45) is 5.14. The molecular weight excluding hydrogens is 432 g/mol. The summed E-state index contributed by atoms with van der Waals surface area (Å²) in [5.41, 5.74) is 7.52. The van der Waals surface area contributed by atoms with Crippen molar-refractivity contribution in [1.29, 1.82) is 5.41 Å². The van der Waals surface area contributed by atoms with E-state index in [4.69, 9.17) is 5.41 Å². The molecule has 0 radical (unpaired) electrons. The van der Waals surface area contributed by atoms with Crippen LogP contribution < -0.4 is 0 Å². The van der Waals surface area contributed by atoms with E-state index < -0.39 is 5.91 Å². The molecule has 2 aromatic heterocycles. The van der Waals surface area contributed by atoms with Crippen LogP contribution in [0.4, 0.5) is 0 Å². The van der Waals surface area contributed by atoms with Gasteiger partial charge in [-0.15, -0.1) is 0 Å². The lowest BCUT2D eigenvalue weighted by atomic mass is 10.1. The van der Waals surface area contributed by atoms with Crippen LogP contribution in [0, 0.1) is 33.1 Å². The largest absolute Gasteiger partial charge is 0.318 e. The molecule has 1 N–H and O–H groups in total. The number of benzene rings is 1. The third kappa shape index (κ3) is 3.52. The Morgan fingerprint density at radius 1 is 1.09 bits per heavy atom. The number of aliphatic imine (C=N–C) groups is 1. The van der Waals surface area contributed by atoms with Crippen LogP contribution in [-0.4, -0.2) is 36.5 Å². The Hall–Kier alpha value is -3.78. The predicted molar refractivity (Wildman–Crippen MR) is 133 cm³/mol. The molecule has 0 aliphatic carbocycles. The van der Waals surface area contributed by atoms with E-state index in [-0.39, 0.29) is 11.4 Å². The van der Waals surface area contributed by atoms with E-state index in [9.17, 15) is 4.79 Å². The molecule has 5 rings (SSSR count). The van der Waals surface area contributed by atoms with E-state index in [1.54, 1.807) is 18.5 Å². The standard InChI is InChI=1S/C25H22N6OS/c1-14-7-5-9-21(16(14)3)30-15(2)11-19(17(30)4)12-20-22(26)31-25(28-23(20)32)33-24(29-31)18-8-6-10-27-13-18/h5-13,26H,1-4H3/b20-12-,26-22?. The predicted octanol–water partition coefficient (Wildman–Crippen LogP) is 4.77. The Labute approximate surface area is 196 Å². The number of aryl methyl sites for hydroxylation is 2. The van der Waals surface area contributed by atoms with Crippen LogP contribution in [0.15, 0.2) is 64.5 Å². The zero-order valence-electron chi connectivity index (χ0n) is 18.7. The first-order valence-electron chi connectivity index (χ1n) is 10.5. The second kappa shape index (κ2) is 7.97. The molecule has 8 heteroatoms. The van der Waals surface area contributed by atoms with E-state index in [0.717, 1.165) is 28.2 Å². The summed E-state index contributed by atoms with van der Waals surface area (Å²) in [4.78, 5) is 21.2. The molecule has 2 aliphatic heterocycles. The second-order valence-electron chi connectivity index (χ2n) is 8.05. The number of amidine groups is 2. The topological polar surface area (TPSA) is 86.7 Å². The van der Waals surface area contributed by atoms with Gasteiger partial charge in [-0.25, -0.2) is 0 Å². The van der Waals surface area contributed by atoms with Gasteiger partial charge < -0.3 is 4.57 Å². The third-order valence-corrected chi connectivity index (χ3v) is 6.91. The molecule has 7 nitrogen and oxygen atoms in total. The van der Waals surface area contributed by atoms with Crippen molar-refractivity contribution in [3.63, 3.8) is 0 Å². The van der Waals surface area contributed by atoms with Gasteiger partial charge in [0.05, 0.1) is 5.57 Å². The Morgan fingerprint density at radius 2 is 1.91 bits per heavy atom. The molecule has 1 aromatic carbocycles. The molecular formula is C25H22N6OS. The van der Waals surface area contributed by atoms with Gasteiger partial charge in [-0.3, -0.25) is 15.2 Å². The maximum atomic E-state index is 12.9. The van der Waals surface area contributed by atoms with Crippen molar-refractivity contribution < 1.29 is 4.79 Å². The van der Waals surface area contributed by atoms with E-state index in [2.05, 4.69) is 45.6 Å². The van der Waals surface area contributed by atoms with Gasteiger partial charge in [0.15, 0.2) is 5.84 Å². The van der Waals surface area contributed by atoms with Crippen molar-refractivity contribution in [2.24, 2.45) is 10.1 Å². The van der Waals surface area contributed by atoms with Crippen LogP contribution in [0.25, 0.3) is 11.8 Å². The van der Waals surface area contributed by atoms with E-state index in [1.165, 1.54) is 27.9 Å². The number of hydrogen-bond donors (Lipinski definition) is 1. The van der Waals surface area contributed by atoms with Gasteiger partial charge in [0.25, 0.3) is 5.91 Å². The Morgan fingerprint density at radius 3 is 2.67 bits per heavy atom. The minimum Gasteiger partial charge on any atom is -0.318 e. The average molecular weight is 455 g/mol. The number of nitrogens with zero attached hydrogens (tertiary/aromatic N) is 5. The summed E-state index contributed by atoms with van der Waals surface area (Å²) in [6, 6.07) is 12.0. The summed E-state index contributed by atoms with van der Waals surface area (Å²) in [5, 5.41) is 15.7. The molecule has 0 spiro atoms. The van der Waals surface area contributed by atoms with Crippen molar-refractivity contribution in [3.05, 3.63) is 88.0 Å². The molecule has 4 heterocycles. The van der Waals surface area contributed by atoms with Crippen molar-refractivity contribution in [3.8, 4) is 5.69 Å². The van der Waals surface area contributed by atoms with Gasteiger partial charge in [-0.1, -0.05) is 12.1 Å². The molecule has 164 valence electrons. The van der Waals surface area contributed by atoms with E-state index >= 15 is 0 Å². The summed E-state index contributed by atoms with van der Waals surface area (Å²) >= 11 is 1.27. The number of amides is 1. The number of pyridine rings is 1. The number of rotatable bonds is 3. The fourth-order valence-electron chi connectivity index (χ4n) is 4.04. The van der Waals surface area contributed by atoms with Gasteiger partial charge in [0, 0.05) is 35.0 Å². The molecule has 1 amide bonds. The molecule has 2 aliphatic rings. The Bertz CT molecular complexity index is 1410. The number of fused-ring (bicyclic) bond motifs is 1. The van der Waals surface area contributed by atoms with E-state index in [0.29, 0.717) is 10.2 Å². The normalized spacial score (nSPS) is 16.8. The summed E-state index contributed by atoms with van der Waals surface area (Å²) in [7, 11) is 0. The zero-order chi connectivity index (χ0) is 23.3. The molecule has 3 aromatic rings. The van der Waals surface area contributed by atoms with Crippen molar-refractivity contribution >= 4 is 39.8 Å². The number of carbonyl (C=O) groups excluding carboxylic acids is 1. The lowest BCUT2D eigenvalue weighted by Crippen LogP contribution is -2.35. The van der Waals surface area contributed by atoms with Gasteiger partial charge in [-0.2, -0.15) is 15.1 Å². The van der Waals surface area contributed by atoms with Crippen LogP contribution in [0.5, 0.6) is 0 Å². The first kappa shape index (κ1) is 21.1. The maximum Gasteiger partial charge on any atom is 0.283 e. The highest BCUT2D eigenvalue weighted by Gasteiger charge is 2.36. The molecule has 0 unspecified atom stereocenters. The van der Waals surface area contributed by atoms with Crippen LogP contribution in [0.3, 0.4) is 0 Å². The van der Waals surface area contributed by atoms with Gasteiger partial charge in [-0.05, 0) is 86.5 Å². The van der Waals surface area contributed by atoms with Gasteiger partial charge in [0.2, 0.25) is 5.17 Å². The number of thioether (sulfide) groups is 1. The third-order valence-electron chi connectivity index (χ3n) is 5.95. The van der Waals surface area contributed by atoms with Crippen LogP contribution >= 0.6 is 11.8 Å². The molecule has 33 heavy (non-hydrogen) atoms. The molecule has 0 saturated carbocycles. The van der Waals surface area contributed by atoms with Gasteiger partial charge >= 0.3 is 0 Å². The quantitative estimate of drug-likeness (QED) is 0.578. The smallest absolute Gasteiger partial charge is 0.283 e. The van der Waals surface area contributed by atoms with Gasteiger partial charge in [0.1, 0.15) is 5.04 Å². The number of carbonyl (C=O) groups is 1. The lowest BCUT2D eigenvalue weighted by molar-refractivity contribution is -0.114. The van der Waals surface area contributed by atoms with E-state index in [1.807, 2.05) is 38.1 Å². The SMILES string of the molecule is Cc1cccc(-n2c(C)cc(/C=C3/C(=N)N4N=C(c5cccnc5)SC4=NC3=O)c2C)c1C. The number of nitrogens with one attached hydrogen (secondary N) is 1. The fourth-order valence-corrected chi connectivity index (χ4v) is 4.92. The monoisotopic (exact) mass is 454 g/mol. The first-order chi connectivity index (χ1) is 15.8. The fraction of sp³-hybridized carbons (Fsp3) is 0.160. The molecule has 0 fully saturated rings. The van der Waals surface area contributed by atoms with Crippen LogP contribution in [-0.2, 0) is 4.79 Å². The maximum absolute atomic E-state index is 12.9. The summed E-state index contributed by atoms with van der Waals surface area (Å²) in [5.74, 6) is -0.411. The highest BCUT2D eigenvalue weighted by atomic mass is 32.2. The van der Waals surface area contributed by atoms with Crippen molar-refractivity contribution in [1.82, 2.24) is 14.6 Å². The summed E-state index contributed by atoms with van der Waals surface area (Å²) in [6.45, 7) is 8.28. The molecule has 0 bridgehead atoms. The summed E-state index contributed by atoms with van der Waals surface area (Å²) < 4.78 is 2.19. The molecule has 0 atom stereocenters. The minimum absolute atomic E-state index is 0.0212. The Kier molecular flexibility index (Phi) is 5.09. The highest BCUT2D eigenvalue weighted by Crippen LogP contribution is 2.32. The number of aromatic nitrogens is 2. The number of hydrogen-bond acceptors (Lipinski definition) is 5. The van der Waals surface area contributed by atoms with Crippen molar-refractivity contribution in [2.45, 2.75) is 27.7 Å². The van der Waals surface area contributed by atoms with Crippen LogP contribution in [0.2, 0.25) is 0 Å².